The van der Waals surface area contributed by atoms with Crippen LogP contribution in [0.2, 0.25) is 5.02 Å². The van der Waals surface area contributed by atoms with Gasteiger partial charge in [0.1, 0.15) is 5.82 Å². The van der Waals surface area contributed by atoms with Gasteiger partial charge in [0.15, 0.2) is 5.78 Å². The minimum Gasteiger partial charge on any atom is -0.463 e. The third-order valence-electron chi connectivity index (χ3n) is 9.88. The number of anilines is 1. The maximum absolute atomic E-state index is 11.9. The van der Waals surface area contributed by atoms with Crippen molar-refractivity contribution >= 4 is 34.0 Å². The van der Waals surface area contributed by atoms with Crippen molar-refractivity contribution in [1.82, 2.24) is 14.9 Å². The standard InChI is InChI=1S/C40H52ClN5O3/c1-4-33(47)17-8-9-22-46(26-29(3)20-21-42)39-35(18-7-6-13-30-14-10-15-31-16-11-19-36(41)38(30)31)37(5-2)43-40(44-39)48-24-12-23-45-27-34-25-32(45)28-49-34/h4,10-11,14-16,19,29,32,34H,1,5-9,12-13,17-18,20,22-28H2,2-3H3/t29-,32-,34-/m0/s1. The number of rotatable bonds is 21. The van der Waals surface area contributed by atoms with Gasteiger partial charge in [0.05, 0.1) is 31.1 Å². The topological polar surface area (TPSA) is 91.6 Å². The average Bonchev–Trinajstić information content (AvgIpc) is 3.74. The van der Waals surface area contributed by atoms with E-state index in [0.717, 1.165) is 112 Å². The number of unbranched alkanes of at least 4 members (excludes halogenated alkanes) is 2. The van der Waals surface area contributed by atoms with Gasteiger partial charge in [-0.2, -0.15) is 15.2 Å². The molecule has 1 aromatic heterocycles. The van der Waals surface area contributed by atoms with Crippen LogP contribution in [0.4, 0.5) is 5.82 Å². The minimum atomic E-state index is 0.0675. The molecule has 0 N–H and O–H groups in total. The number of benzene rings is 2. The van der Waals surface area contributed by atoms with Crippen LogP contribution < -0.4 is 9.64 Å². The van der Waals surface area contributed by atoms with Crippen molar-refractivity contribution in [2.24, 2.45) is 5.92 Å². The fourth-order valence-corrected chi connectivity index (χ4v) is 7.64. The van der Waals surface area contributed by atoms with Crippen molar-refractivity contribution in [2.45, 2.75) is 96.6 Å². The van der Waals surface area contributed by atoms with Gasteiger partial charge in [-0.1, -0.05) is 62.4 Å². The number of fused-ring (bicyclic) bond motifs is 3. The fraction of sp³-hybridized carbons (Fsp3) is 0.550. The van der Waals surface area contributed by atoms with E-state index in [4.69, 9.17) is 31.0 Å². The van der Waals surface area contributed by atoms with Gasteiger partial charge in [0.2, 0.25) is 0 Å². The van der Waals surface area contributed by atoms with Crippen LogP contribution in [-0.4, -0.2) is 72.2 Å². The quantitative estimate of drug-likeness (QED) is 0.0825. The molecule has 3 aromatic rings. The van der Waals surface area contributed by atoms with Crippen LogP contribution in [0.15, 0.2) is 49.1 Å². The molecule has 8 nitrogen and oxygen atoms in total. The molecule has 2 bridgehead atoms. The molecule has 2 aromatic carbocycles. The van der Waals surface area contributed by atoms with Gasteiger partial charge >= 0.3 is 6.01 Å². The van der Waals surface area contributed by atoms with E-state index in [1.54, 1.807) is 0 Å². The lowest BCUT2D eigenvalue weighted by Gasteiger charge is -2.29. The summed E-state index contributed by atoms with van der Waals surface area (Å²) in [7, 11) is 0. The summed E-state index contributed by atoms with van der Waals surface area (Å²) in [6, 6.07) is 15.8. The van der Waals surface area contributed by atoms with Crippen LogP contribution in [0.3, 0.4) is 0 Å². The van der Waals surface area contributed by atoms with E-state index in [-0.39, 0.29) is 11.7 Å². The molecular formula is C40H52ClN5O3. The Kier molecular flexibility index (Phi) is 13.9. The lowest BCUT2D eigenvalue weighted by Crippen LogP contribution is -2.38. The summed E-state index contributed by atoms with van der Waals surface area (Å²) in [5.41, 5.74) is 3.45. The molecule has 262 valence electrons. The van der Waals surface area contributed by atoms with Crippen LogP contribution in [0.5, 0.6) is 6.01 Å². The summed E-state index contributed by atoms with van der Waals surface area (Å²) in [5, 5.41) is 12.6. The van der Waals surface area contributed by atoms with Crippen molar-refractivity contribution in [1.29, 1.82) is 5.26 Å². The summed E-state index contributed by atoms with van der Waals surface area (Å²) in [4.78, 5) is 26.8. The number of likely N-dealkylation sites (tertiary alicyclic amines) is 1. The van der Waals surface area contributed by atoms with Gasteiger partial charge in [-0.05, 0) is 86.8 Å². The van der Waals surface area contributed by atoms with E-state index in [0.29, 0.717) is 44.1 Å². The zero-order chi connectivity index (χ0) is 34.6. The molecule has 3 heterocycles. The molecule has 2 aliphatic heterocycles. The Morgan fingerprint density at radius 3 is 2.73 bits per heavy atom. The number of hydrogen-bond acceptors (Lipinski definition) is 8. The maximum atomic E-state index is 11.9. The predicted octanol–water partition coefficient (Wildman–Crippen LogP) is 7.93. The van der Waals surface area contributed by atoms with E-state index in [2.05, 4.69) is 60.6 Å². The molecule has 2 fully saturated rings. The number of ketones is 1. The summed E-state index contributed by atoms with van der Waals surface area (Å²) in [6.07, 6.45) is 10.9. The fourth-order valence-electron chi connectivity index (χ4n) is 7.33. The number of carbonyl (C=O) groups is 1. The summed E-state index contributed by atoms with van der Waals surface area (Å²) < 4.78 is 12.0. The number of morpholine rings is 1. The van der Waals surface area contributed by atoms with Crippen molar-refractivity contribution in [3.63, 3.8) is 0 Å². The highest BCUT2D eigenvalue weighted by Crippen LogP contribution is 2.31. The van der Waals surface area contributed by atoms with E-state index >= 15 is 0 Å². The normalized spacial score (nSPS) is 17.7. The molecule has 0 amide bonds. The van der Waals surface area contributed by atoms with Crippen LogP contribution in [0, 0.1) is 17.2 Å². The molecule has 3 atom stereocenters. The average molecular weight is 686 g/mol. The molecule has 9 heteroatoms. The highest BCUT2D eigenvalue weighted by molar-refractivity contribution is 6.35. The first-order chi connectivity index (χ1) is 23.9. The number of aryl methyl sites for hydroxylation is 2. The SMILES string of the molecule is C=CC(=O)CCCCN(C[C@@H](C)CC#N)c1nc(OCCCN2C[C@@H]3C[C@H]2CO3)nc(CC)c1CCCCc1cccc2cccc(Cl)c12. The molecule has 2 saturated heterocycles. The third kappa shape index (κ3) is 10.0. The monoisotopic (exact) mass is 685 g/mol. The first kappa shape index (κ1) is 36.8. The van der Waals surface area contributed by atoms with Crippen LogP contribution in [0.25, 0.3) is 10.8 Å². The van der Waals surface area contributed by atoms with E-state index < -0.39 is 0 Å². The maximum Gasteiger partial charge on any atom is 0.318 e. The molecule has 0 saturated carbocycles. The zero-order valence-electron chi connectivity index (χ0n) is 29.3. The lowest BCUT2D eigenvalue weighted by atomic mass is 9.97. The van der Waals surface area contributed by atoms with Crippen molar-refractivity contribution in [2.75, 3.05) is 44.3 Å². The molecule has 2 aliphatic rings. The van der Waals surface area contributed by atoms with E-state index in [1.165, 1.54) is 17.0 Å². The first-order valence-electron chi connectivity index (χ1n) is 18.2. The largest absolute Gasteiger partial charge is 0.463 e. The second-order valence-corrected chi connectivity index (χ2v) is 14.1. The molecule has 0 radical (unpaired) electrons. The van der Waals surface area contributed by atoms with E-state index in [9.17, 15) is 10.1 Å². The van der Waals surface area contributed by atoms with E-state index in [1.807, 2.05) is 12.1 Å². The number of hydrogen-bond donors (Lipinski definition) is 0. The number of carbonyl (C=O) groups excluding carboxylic acids is 1. The number of halogens is 1. The summed E-state index contributed by atoms with van der Waals surface area (Å²) in [5.74, 6) is 1.13. The second kappa shape index (κ2) is 18.5. The number of allylic oxidation sites excluding steroid dienone is 1. The number of nitrogens with zero attached hydrogens (tertiary/aromatic N) is 5. The van der Waals surface area contributed by atoms with Crippen LogP contribution in [-0.2, 0) is 28.8 Å². The highest BCUT2D eigenvalue weighted by Gasteiger charge is 2.38. The Hall–Kier alpha value is -3.51. The Morgan fingerprint density at radius 2 is 2.00 bits per heavy atom. The summed E-state index contributed by atoms with van der Waals surface area (Å²) in [6.45, 7) is 12.7. The van der Waals surface area contributed by atoms with Gasteiger partial charge < -0.3 is 14.4 Å². The Balaban J connectivity index is 1.33. The van der Waals surface area contributed by atoms with Crippen molar-refractivity contribution in [3.8, 4) is 12.1 Å². The summed E-state index contributed by atoms with van der Waals surface area (Å²) >= 11 is 6.63. The van der Waals surface area contributed by atoms with Crippen molar-refractivity contribution in [3.05, 3.63) is 70.9 Å². The predicted molar refractivity (Wildman–Crippen MR) is 198 cm³/mol. The number of ether oxygens (including phenoxy) is 2. The highest BCUT2D eigenvalue weighted by atomic mass is 35.5. The Morgan fingerprint density at radius 1 is 1.18 bits per heavy atom. The molecule has 0 unspecified atom stereocenters. The molecule has 49 heavy (non-hydrogen) atoms. The molecule has 0 spiro atoms. The van der Waals surface area contributed by atoms with Crippen molar-refractivity contribution < 1.29 is 14.3 Å². The van der Waals surface area contributed by atoms with Crippen LogP contribution in [0.1, 0.15) is 82.0 Å². The van der Waals surface area contributed by atoms with Gasteiger partial charge in [-0.25, -0.2) is 0 Å². The number of aromatic nitrogens is 2. The Bertz CT molecular complexity index is 1600. The lowest BCUT2D eigenvalue weighted by molar-refractivity contribution is -0.114. The number of nitriles is 1. The third-order valence-corrected chi connectivity index (χ3v) is 10.2. The first-order valence-corrected chi connectivity index (χ1v) is 18.6. The minimum absolute atomic E-state index is 0.0675. The molecule has 5 rings (SSSR count). The van der Waals surface area contributed by atoms with Gasteiger partial charge in [0, 0.05) is 61.0 Å². The van der Waals surface area contributed by atoms with Gasteiger partial charge in [-0.15, -0.1) is 0 Å². The smallest absolute Gasteiger partial charge is 0.318 e. The second-order valence-electron chi connectivity index (χ2n) is 13.7. The Labute approximate surface area is 297 Å². The van der Waals surface area contributed by atoms with Gasteiger partial charge in [0.25, 0.3) is 0 Å². The van der Waals surface area contributed by atoms with Gasteiger partial charge in [-0.3, -0.25) is 9.69 Å². The zero-order valence-corrected chi connectivity index (χ0v) is 30.1. The molecular weight excluding hydrogens is 634 g/mol. The van der Waals surface area contributed by atoms with Crippen LogP contribution >= 0.6 is 11.6 Å². The molecule has 0 aliphatic carbocycles.